The zero-order valence-electron chi connectivity index (χ0n) is 14.2. The maximum absolute atomic E-state index is 12.9. The quantitative estimate of drug-likeness (QED) is 0.863. The van der Waals surface area contributed by atoms with Gasteiger partial charge < -0.3 is 9.80 Å². The largest absolute Gasteiger partial charge is 0.357 e. The molecule has 1 saturated heterocycles. The third kappa shape index (κ3) is 3.72. The number of carbonyl (C=O) groups excluding carboxylic acids is 1. The maximum atomic E-state index is 12.9. The van der Waals surface area contributed by atoms with Crippen LogP contribution in [0.5, 0.6) is 0 Å². The van der Waals surface area contributed by atoms with Gasteiger partial charge in [0.25, 0.3) is 5.91 Å². The highest BCUT2D eigenvalue weighted by molar-refractivity contribution is 6.05. The fourth-order valence-corrected chi connectivity index (χ4v) is 3.13. The van der Waals surface area contributed by atoms with Crippen LogP contribution in [0, 0.1) is 0 Å². The Morgan fingerprint density at radius 1 is 1.08 bits per heavy atom. The molecule has 1 aliphatic rings. The molecule has 24 heavy (non-hydrogen) atoms. The number of amides is 1. The second-order valence-corrected chi connectivity index (χ2v) is 6.05. The molecule has 126 valence electrons. The minimum Gasteiger partial charge on any atom is -0.357 e. The monoisotopic (exact) mass is 324 g/mol. The summed E-state index contributed by atoms with van der Waals surface area (Å²) >= 11 is 0. The molecule has 1 amide bonds. The number of aromatic nitrogens is 2. The highest BCUT2D eigenvalue weighted by Crippen LogP contribution is 2.20. The summed E-state index contributed by atoms with van der Waals surface area (Å²) in [5.74, 6) is 0.779. The Labute approximate surface area is 143 Å². The van der Waals surface area contributed by atoms with Crippen LogP contribution in [0.1, 0.15) is 43.1 Å². The fraction of sp³-hybridized carbons (Fsp3) is 0.421. The van der Waals surface area contributed by atoms with Gasteiger partial charge in [-0.15, -0.1) is 0 Å². The summed E-state index contributed by atoms with van der Waals surface area (Å²) < 4.78 is 0. The number of anilines is 2. The molecule has 0 N–H and O–H groups in total. The summed E-state index contributed by atoms with van der Waals surface area (Å²) in [6, 6.07) is 11.5. The number of nitrogens with zero attached hydrogens (tertiary/aromatic N) is 4. The standard InChI is InChI=1S/C19H24N4O/c1-2-23(16-10-6-5-7-11-16)19(24)17-14-18(21-15-20-17)22-12-8-3-4-9-13-22/h5-7,10-11,14-15H,2-4,8-9,12-13H2,1H3. The first-order chi connectivity index (χ1) is 11.8. The minimum absolute atomic E-state index is 0.0813. The van der Waals surface area contributed by atoms with Crippen molar-refractivity contribution in [2.24, 2.45) is 0 Å². The van der Waals surface area contributed by atoms with Gasteiger partial charge in [-0.3, -0.25) is 4.79 Å². The Morgan fingerprint density at radius 2 is 1.79 bits per heavy atom. The first-order valence-electron chi connectivity index (χ1n) is 8.73. The van der Waals surface area contributed by atoms with Gasteiger partial charge in [0.15, 0.2) is 0 Å². The van der Waals surface area contributed by atoms with Crippen LogP contribution < -0.4 is 9.80 Å². The molecule has 2 aromatic rings. The lowest BCUT2D eigenvalue weighted by Gasteiger charge is -2.23. The highest BCUT2D eigenvalue weighted by Gasteiger charge is 2.19. The van der Waals surface area contributed by atoms with Crippen molar-refractivity contribution in [2.45, 2.75) is 32.6 Å². The predicted molar refractivity (Wildman–Crippen MR) is 96.5 cm³/mol. The minimum atomic E-state index is -0.0813. The normalized spacial score (nSPS) is 15.0. The van der Waals surface area contributed by atoms with Crippen molar-refractivity contribution < 1.29 is 4.79 Å². The molecule has 2 heterocycles. The molecule has 0 aliphatic carbocycles. The molecule has 3 rings (SSSR count). The Kier molecular flexibility index (Phi) is 5.41. The second-order valence-electron chi connectivity index (χ2n) is 6.05. The van der Waals surface area contributed by atoms with E-state index in [-0.39, 0.29) is 5.91 Å². The molecule has 1 aromatic carbocycles. The van der Waals surface area contributed by atoms with Gasteiger partial charge in [0, 0.05) is 31.4 Å². The van der Waals surface area contributed by atoms with Crippen LogP contribution in [0.15, 0.2) is 42.7 Å². The van der Waals surface area contributed by atoms with E-state index >= 15 is 0 Å². The van der Waals surface area contributed by atoms with Gasteiger partial charge in [0.2, 0.25) is 0 Å². The Hall–Kier alpha value is -2.43. The predicted octanol–water partition coefficient (Wildman–Crippen LogP) is 3.52. The molecular formula is C19H24N4O. The Balaban J connectivity index is 1.83. The first kappa shape index (κ1) is 16.4. The van der Waals surface area contributed by atoms with Gasteiger partial charge in [-0.2, -0.15) is 0 Å². The molecule has 0 unspecified atom stereocenters. The van der Waals surface area contributed by atoms with E-state index in [1.165, 1.54) is 32.0 Å². The molecular weight excluding hydrogens is 300 g/mol. The van der Waals surface area contributed by atoms with Gasteiger partial charge in [-0.1, -0.05) is 31.0 Å². The molecule has 0 spiro atoms. The number of hydrogen-bond donors (Lipinski definition) is 0. The van der Waals surface area contributed by atoms with Crippen molar-refractivity contribution in [3.63, 3.8) is 0 Å². The average Bonchev–Trinajstić information content (AvgIpc) is 2.93. The van der Waals surface area contributed by atoms with Crippen molar-refractivity contribution in [1.82, 2.24) is 9.97 Å². The summed E-state index contributed by atoms with van der Waals surface area (Å²) in [7, 11) is 0. The van der Waals surface area contributed by atoms with Crippen LogP contribution in [0.4, 0.5) is 11.5 Å². The average molecular weight is 324 g/mol. The van der Waals surface area contributed by atoms with Crippen LogP contribution in [0.3, 0.4) is 0 Å². The molecule has 5 heteroatoms. The maximum Gasteiger partial charge on any atom is 0.277 e. The van der Waals surface area contributed by atoms with Gasteiger partial charge in [-0.05, 0) is 31.9 Å². The molecule has 1 fully saturated rings. The van der Waals surface area contributed by atoms with E-state index in [4.69, 9.17) is 0 Å². The van der Waals surface area contributed by atoms with Gasteiger partial charge in [0.1, 0.15) is 17.8 Å². The van der Waals surface area contributed by atoms with Gasteiger partial charge >= 0.3 is 0 Å². The Bertz CT molecular complexity index is 666. The first-order valence-corrected chi connectivity index (χ1v) is 8.73. The molecule has 5 nitrogen and oxygen atoms in total. The number of rotatable bonds is 4. The summed E-state index contributed by atoms with van der Waals surface area (Å²) in [4.78, 5) is 25.5. The molecule has 1 aromatic heterocycles. The molecule has 0 radical (unpaired) electrons. The van der Waals surface area contributed by atoms with Crippen LogP contribution in [-0.4, -0.2) is 35.5 Å². The summed E-state index contributed by atoms with van der Waals surface area (Å²) in [5.41, 5.74) is 1.34. The number of benzene rings is 1. The van der Waals surface area contributed by atoms with E-state index in [1.807, 2.05) is 43.3 Å². The van der Waals surface area contributed by atoms with Crippen LogP contribution >= 0.6 is 0 Å². The topological polar surface area (TPSA) is 49.3 Å². The zero-order chi connectivity index (χ0) is 16.8. The van der Waals surface area contributed by atoms with Crippen molar-refractivity contribution in [1.29, 1.82) is 0 Å². The second kappa shape index (κ2) is 7.90. The summed E-state index contributed by atoms with van der Waals surface area (Å²) in [6.07, 6.45) is 6.40. The van der Waals surface area contributed by atoms with E-state index in [9.17, 15) is 4.79 Å². The van der Waals surface area contributed by atoms with E-state index in [0.29, 0.717) is 12.2 Å². The lowest BCUT2D eigenvalue weighted by atomic mass is 10.2. The summed E-state index contributed by atoms with van der Waals surface area (Å²) in [5, 5.41) is 0. The third-order valence-electron chi connectivity index (χ3n) is 4.43. The summed E-state index contributed by atoms with van der Waals surface area (Å²) in [6.45, 7) is 4.58. The number of carbonyl (C=O) groups is 1. The van der Waals surface area contributed by atoms with E-state index in [0.717, 1.165) is 24.6 Å². The van der Waals surface area contributed by atoms with Crippen LogP contribution in [0.25, 0.3) is 0 Å². The van der Waals surface area contributed by atoms with Crippen LogP contribution in [0.2, 0.25) is 0 Å². The zero-order valence-corrected chi connectivity index (χ0v) is 14.2. The number of para-hydroxylation sites is 1. The Morgan fingerprint density at radius 3 is 2.46 bits per heavy atom. The van der Waals surface area contributed by atoms with Crippen molar-refractivity contribution >= 4 is 17.4 Å². The molecule has 0 bridgehead atoms. The lowest BCUT2D eigenvalue weighted by molar-refractivity contribution is 0.0983. The van der Waals surface area contributed by atoms with E-state index in [2.05, 4.69) is 14.9 Å². The smallest absolute Gasteiger partial charge is 0.277 e. The highest BCUT2D eigenvalue weighted by atomic mass is 16.2. The van der Waals surface area contributed by atoms with Gasteiger partial charge in [-0.25, -0.2) is 9.97 Å². The SMILES string of the molecule is CCN(C(=O)c1cc(N2CCCCCC2)ncn1)c1ccccc1. The van der Waals surface area contributed by atoms with Crippen molar-refractivity contribution in [3.05, 3.63) is 48.4 Å². The number of hydrogen-bond acceptors (Lipinski definition) is 4. The van der Waals surface area contributed by atoms with E-state index < -0.39 is 0 Å². The van der Waals surface area contributed by atoms with Crippen molar-refractivity contribution in [2.75, 3.05) is 29.4 Å². The van der Waals surface area contributed by atoms with Gasteiger partial charge in [0.05, 0.1) is 0 Å². The third-order valence-corrected chi connectivity index (χ3v) is 4.43. The molecule has 1 aliphatic heterocycles. The van der Waals surface area contributed by atoms with Crippen molar-refractivity contribution in [3.8, 4) is 0 Å². The lowest BCUT2D eigenvalue weighted by Crippen LogP contribution is -2.32. The molecule has 0 atom stereocenters. The fourth-order valence-electron chi connectivity index (χ4n) is 3.13. The van der Waals surface area contributed by atoms with Crippen LogP contribution in [-0.2, 0) is 0 Å². The molecule has 0 saturated carbocycles. The van der Waals surface area contributed by atoms with E-state index in [1.54, 1.807) is 4.90 Å².